The number of carbonyl (C=O) groups excluding carboxylic acids is 1. The van der Waals surface area contributed by atoms with E-state index in [0.717, 1.165) is 16.7 Å². The number of aryl methyl sites for hydroxylation is 2. The van der Waals surface area contributed by atoms with Gasteiger partial charge in [-0.1, -0.05) is 11.8 Å². The molecule has 0 aliphatic heterocycles. The Labute approximate surface area is 104 Å². The molecule has 0 saturated carbocycles. The van der Waals surface area contributed by atoms with Crippen LogP contribution in [0.5, 0.6) is 0 Å². The fraction of sp³-hybridized carbons (Fsp3) is 0.364. The SMILES string of the molecule is Cc1nnc(SCC(=O)c2cccn2C)n1C. The Hall–Kier alpha value is -1.56. The van der Waals surface area contributed by atoms with Crippen molar-refractivity contribution in [2.24, 2.45) is 14.1 Å². The van der Waals surface area contributed by atoms with Gasteiger partial charge in [-0.3, -0.25) is 4.79 Å². The van der Waals surface area contributed by atoms with Crippen molar-refractivity contribution < 1.29 is 4.79 Å². The number of ketones is 1. The maximum Gasteiger partial charge on any atom is 0.191 e. The summed E-state index contributed by atoms with van der Waals surface area (Å²) in [4.78, 5) is 11.9. The molecule has 2 heterocycles. The third kappa shape index (κ3) is 2.41. The summed E-state index contributed by atoms with van der Waals surface area (Å²) in [6, 6.07) is 3.69. The molecule has 6 heteroatoms. The molecule has 5 nitrogen and oxygen atoms in total. The highest BCUT2D eigenvalue weighted by molar-refractivity contribution is 7.99. The molecule has 2 rings (SSSR count). The Morgan fingerprint density at radius 1 is 1.41 bits per heavy atom. The molecule has 0 N–H and O–H groups in total. The summed E-state index contributed by atoms with van der Waals surface area (Å²) in [5, 5.41) is 8.73. The molecule has 0 fully saturated rings. The van der Waals surface area contributed by atoms with Crippen molar-refractivity contribution >= 4 is 17.5 Å². The molecular weight excluding hydrogens is 236 g/mol. The summed E-state index contributed by atoms with van der Waals surface area (Å²) in [6.07, 6.45) is 1.87. The van der Waals surface area contributed by atoms with Gasteiger partial charge in [0.25, 0.3) is 0 Å². The van der Waals surface area contributed by atoms with Gasteiger partial charge in [-0.15, -0.1) is 10.2 Å². The van der Waals surface area contributed by atoms with Crippen LogP contribution < -0.4 is 0 Å². The van der Waals surface area contributed by atoms with Crippen molar-refractivity contribution in [2.75, 3.05) is 5.75 Å². The molecule has 0 radical (unpaired) electrons. The van der Waals surface area contributed by atoms with Crippen LogP contribution in [-0.4, -0.2) is 30.9 Å². The van der Waals surface area contributed by atoms with E-state index in [9.17, 15) is 4.79 Å². The number of aromatic nitrogens is 4. The van der Waals surface area contributed by atoms with E-state index in [0.29, 0.717) is 5.75 Å². The molecule has 0 aliphatic rings. The van der Waals surface area contributed by atoms with Crippen LogP contribution in [0, 0.1) is 6.92 Å². The zero-order valence-electron chi connectivity index (χ0n) is 10.0. The van der Waals surface area contributed by atoms with E-state index in [1.807, 2.05) is 48.5 Å². The van der Waals surface area contributed by atoms with Crippen LogP contribution in [0.3, 0.4) is 0 Å². The number of carbonyl (C=O) groups is 1. The van der Waals surface area contributed by atoms with Gasteiger partial charge in [0.2, 0.25) is 0 Å². The van der Waals surface area contributed by atoms with Crippen LogP contribution in [-0.2, 0) is 14.1 Å². The highest BCUT2D eigenvalue weighted by Gasteiger charge is 2.12. The Balaban J connectivity index is 2.02. The fourth-order valence-corrected chi connectivity index (χ4v) is 2.30. The first-order valence-corrected chi connectivity index (χ1v) is 6.21. The third-order valence-electron chi connectivity index (χ3n) is 2.61. The summed E-state index contributed by atoms with van der Waals surface area (Å²) in [5.74, 6) is 1.33. The molecule has 0 saturated heterocycles. The second-order valence-electron chi connectivity index (χ2n) is 3.80. The predicted molar refractivity (Wildman–Crippen MR) is 66.2 cm³/mol. The lowest BCUT2D eigenvalue weighted by Crippen LogP contribution is -2.08. The van der Waals surface area contributed by atoms with Crippen molar-refractivity contribution in [3.63, 3.8) is 0 Å². The first-order chi connectivity index (χ1) is 8.09. The van der Waals surface area contributed by atoms with E-state index in [2.05, 4.69) is 10.2 Å². The molecule has 0 unspecified atom stereocenters. The highest BCUT2D eigenvalue weighted by atomic mass is 32.2. The fourth-order valence-electron chi connectivity index (χ4n) is 1.47. The van der Waals surface area contributed by atoms with E-state index in [1.54, 1.807) is 0 Å². The Bertz CT molecular complexity index is 543. The van der Waals surface area contributed by atoms with Crippen LogP contribution in [0.1, 0.15) is 16.3 Å². The average molecular weight is 250 g/mol. The van der Waals surface area contributed by atoms with E-state index in [4.69, 9.17) is 0 Å². The maximum atomic E-state index is 11.9. The summed E-state index contributed by atoms with van der Waals surface area (Å²) >= 11 is 1.41. The normalized spacial score (nSPS) is 10.8. The molecule has 2 aromatic heterocycles. The van der Waals surface area contributed by atoms with Gasteiger partial charge in [0.05, 0.1) is 11.4 Å². The number of nitrogens with zero attached hydrogens (tertiary/aromatic N) is 4. The van der Waals surface area contributed by atoms with E-state index >= 15 is 0 Å². The molecule has 0 aromatic carbocycles. The molecule has 0 atom stereocenters. The summed E-state index contributed by atoms with van der Waals surface area (Å²) in [6.45, 7) is 1.88. The maximum absolute atomic E-state index is 11.9. The first kappa shape index (κ1) is 11.9. The van der Waals surface area contributed by atoms with Crippen molar-refractivity contribution in [1.29, 1.82) is 0 Å². The lowest BCUT2D eigenvalue weighted by molar-refractivity contribution is 0.101. The second-order valence-corrected chi connectivity index (χ2v) is 4.75. The standard InChI is InChI=1S/C11H14N4OS/c1-8-12-13-11(15(8)3)17-7-10(16)9-5-4-6-14(9)2/h4-6H,7H2,1-3H3. The van der Waals surface area contributed by atoms with E-state index < -0.39 is 0 Å². The Morgan fingerprint density at radius 2 is 2.18 bits per heavy atom. The minimum Gasteiger partial charge on any atom is -0.348 e. The minimum atomic E-state index is 0.100. The topological polar surface area (TPSA) is 52.7 Å². The molecule has 17 heavy (non-hydrogen) atoms. The molecule has 2 aromatic rings. The van der Waals surface area contributed by atoms with Crippen LogP contribution >= 0.6 is 11.8 Å². The Morgan fingerprint density at radius 3 is 2.71 bits per heavy atom. The van der Waals surface area contributed by atoms with Crippen molar-refractivity contribution in [2.45, 2.75) is 12.1 Å². The number of thioether (sulfide) groups is 1. The lowest BCUT2D eigenvalue weighted by atomic mass is 10.3. The molecule has 90 valence electrons. The van der Waals surface area contributed by atoms with Gasteiger partial charge in [0, 0.05) is 20.3 Å². The summed E-state index contributed by atoms with van der Waals surface area (Å²) in [5.41, 5.74) is 0.719. The van der Waals surface area contributed by atoms with Crippen LogP contribution in [0.2, 0.25) is 0 Å². The van der Waals surface area contributed by atoms with E-state index in [-0.39, 0.29) is 5.78 Å². The van der Waals surface area contributed by atoms with E-state index in [1.165, 1.54) is 11.8 Å². The smallest absolute Gasteiger partial charge is 0.191 e. The third-order valence-corrected chi connectivity index (χ3v) is 3.63. The largest absolute Gasteiger partial charge is 0.348 e. The molecule has 0 amide bonds. The highest BCUT2D eigenvalue weighted by Crippen LogP contribution is 2.17. The molecule has 0 spiro atoms. The van der Waals surface area contributed by atoms with Crippen molar-refractivity contribution in [3.8, 4) is 0 Å². The van der Waals surface area contributed by atoms with Gasteiger partial charge in [-0.25, -0.2) is 0 Å². The zero-order valence-corrected chi connectivity index (χ0v) is 10.9. The molecular formula is C11H14N4OS. The zero-order chi connectivity index (χ0) is 12.4. The number of rotatable bonds is 4. The van der Waals surface area contributed by atoms with Crippen molar-refractivity contribution in [1.82, 2.24) is 19.3 Å². The number of hydrogen-bond acceptors (Lipinski definition) is 4. The van der Waals surface area contributed by atoms with Crippen LogP contribution in [0.4, 0.5) is 0 Å². The summed E-state index contributed by atoms with van der Waals surface area (Å²) < 4.78 is 3.70. The quantitative estimate of drug-likeness (QED) is 0.608. The van der Waals surface area contributed by atoms with Gasteiger partial charge in [0.1, 0.15) is 5.82 Å². The minimum absolute atomic E-state index is 0.100. The van der Waals surface area contributed by atoms with Gasteiger partial charge in [0.15, 0.2) is 10.9 Å². The van der Waals surface area contributed by atoms with Gasteiger partial charge in [-0.2, -0.15) is 0 Å². The lowest BCUT2D eigenvalue weighted by Gasteiger charge is -2.02. The van der Waals surface area contributed by atoms with Gasteiger partial charge >= 0.3 is 0 Å². The van der Waals surface area contributed by atoms with Crippen LogP contribution in [0.25, 0.3) is 0 Å². The Kier molecular flexibility index (Phi) is 3.33. The van der Waals surface area contributed by atoms with Crippen molar-refractivity contribution in [3.05, 3.63) is 29.8 Å². The molecule has 0 bridgehead atoms. The van der Waals surface area contributed by atoms with Crippen LogP contribution in [0.15, 0.2) is 23.5 Å². The monoisotopic (exact) mass is 250 g/mol. The summed E-state index contributed by atoms with van der Waals surface area (Å²) in [7, 11) is 3.76. The number of Topliss-reactive ketones (excluding diaryl/α,β-unsaturated/α-hetero) is 1. The molecule has 0 aliphatic carbocycles. The first-order valence-electron chi connectivity index (χ1n) is 5.23. The second kappa shape index (κ2) is 4.75. The average Bonchev–Trinajstić information content (AvgIpc) is 2.85. The number of hydrogen-bond donors (Lipinski definition) is 0. The van der Waals surface area contributed by atoms with Gasteiger partial charge in [-0.05, 0) is 19.1 Å². The van der Waals surface area contributed by atoms with Gasteiger partial charge < -0.3 is 9.13 Å². The predicted octanol–water partition coefficient (Wildman–Crippen LogP) is 1.44.